The normalized spacial score (nSPS) is 12.8. The molecule has 3 nitrogen and oxygen atoms in total. The van der Waals surface area contributed by atoms with Gasteiger partial charge >= 0.3 is 0 Å². The second-order valence-electron chi connectivity index (χ2n) is 3.78. The number of carbonyl (C=O) groups excluding carboxylic acids is 1. The first-order valence-corrected chi connectivity index (χ1v) is 6.22. The van der Waals surface area contributed by atoms with Crippen LogP contribution in [0.1, 0.15) is 5.56 Å². The maximum Gasteiger partial charge on any atom is 0.231 e. The largest absolute Gasteiger partial charge is 0.369 e. The van der Waals surface area contributed by atoms with Gasteiger partial charge in [-0.25, -0.2) is 4.39 Å². The summed E-state index contributed by atoms with van der Waals surface area (Å²) in [6.45, 7) is 0. The Balaban J connectivity index is 2.59. The number of nitrogens with two attached hydrogens (primary N) is 1. The van der Waals surface area contributed by atoms with Crippen molar-refractivity contribution in [1.29, 1.82) is 0 Å². The smallest absolute Gasteiger partial charge is 0.231 e. The van der Waals surface area contributed by atoms with Crippen molar-refractivity contribution in [3.05, 3.63) is 35.6 Å². The number of likely N-dealkylation sites (N-methyl/N-ethyl adjacent to an activating group) is 1. The molecule has 1 aromatic rings. The highest BCUT2D eigenvalue weighted by Gasteiger charge is 2.18. The molecule has 0 spiro atoms. The van der Waals surface area contributed by atoms with E-state index in [0.717, 1.165) is 5.56 Å². The molecule has 0 aromatic heterocycles. The van der Waals surface area contributed by atoms with Crippen LogP contribution in [0.15, 0.2) is 24.3 Å². The summed E-state index contributed by atoms with van der Waals surface area (Å²) in [5.74, 6) is -0.581. The number of hydrogen-bond acceptors (Lipinski definition) is 2. The van der Waals surface area contributed by atoms with E-state index in [1.54, 1.807) is 11.0 Å². The van der Waals surface area contributed by atoms with Crippen molar-refractivity contribution in [1.82, 2.24) is 4.90 Å². The van der Waals surface area contributed by atoms with E-state index in [2.05, 4.69) is 0 Å². The Morgan fingerprint density at radius 3 is 2.75 bits per heavy atom. The van der Waals surface area contributed by atoms with Crippen LogP contribution in [0.2, 0.25) is 0 Å². The molecule has 0 unspecified atom stereocenters. The van der Waals surface area contributed by atoms with Crippen LogP contribution in [0.3, 0.4) is 0 Å². The van der Waals surface area contributed by atoms with Crippen LogP contribution in [-0.2, 0) is 10.8 Å². The molecular weight excluding hydrogens is 223 g/mol. The minimum absolute atomic E-state index is 0.247. The fourth-order valence-electron chi connectivity index (χ4n) is 1.40. The molecule has 0 aliphatic heterocycles. The van der Waals surface area contributed by atoms with E-state index in [1.165, 1.54) is 12.1 Å². The fourth-order valence-corrected chi connectivity index (χ4v) is 2.61. The molecule has 0 aliphatic carbocycles. The van der Waals surface area contributed by atoms with E-state index in [-0.39, 0.29) is 17.4 Å². The van der Waals surface area contributed by atoms with Crippen molar-refractivity contribution in [2.45, 2.75) is 11.7 Å². The molecule has 1 amide bonds. The van der Waals surface area contributed by atoms with Gasteiger partial charge < -0.3 is 10.6 Å². The number of hydrogen-bond donors (Lipinski definition) is 1. The molecule has 86 valence electrons. The molecule has 0 aliphatic rings. The van der Waals surface area contributed by atoms with Crippen molar-refractivity contribution >= 4 is 15.4 Å². The van der Waals surface area contributed by atoms with Crippen molar-refractivity contribution in [3.63, 3.8) is 0 Å². The van der Waals surface area contributed by atoms with Crippen LogP contribution in [0.4, 0.5) is 4.39 Å². The Morgan fingerprint density at radius 1 is 1.56 bits per heavy atom. The van der Waals surface area contributed by atoms with Gasteiger partial charge in [-0.2, -0.15) is 0 Å². The number of carbonyl (C=O) groups is 1. The molecule has 1 atom stereocenters. The second-order valence-corrected chi connectivity index (χ2v) is 5.09. The highest BCUT2D eigenvalue weighted by Crippen LogP contribution is 2.05. The topological polar surface area (TPSA) is 46.3 Å². The van der Waals surface area contributed by atoms with Gasteiger partial charge in [0.15, 0.2) is 0 Å². The number of halogens is 1. The predicted molar refractivity (Wildman–Crippen MR) is 62.5 cm³/mol. The molecule has 16 heavy (non-hydrogen) atoms. The summed E-state index contributed by atoms with van der Waals surface area (Å²) in [5, 5.41) is 0. The standard InChI is InChI=1S/C11H15FN2OSi/c1-14(2)11(10(13)15)16-7-8-4-3-5-9(12)6-8/h3-6,11H,7H2,1-2H3,(H2,13,15)/t11-/m0/s1. The van der Waals surface area contributed by atoms with Crippen LogP contribution in [0.5, 0.6) is 0 Å². The fraction of sp³-hybridized carbons (Fsp3) is 0.364. The number of primary amides is 1. The van der Waals surface area contributed by atoms with Crippen molar-refractivity contribution in [2.75, 3.05) is 14.1 Å². The van der Waals surface area contributed by atoms with Crippen molar-refractivity contribution in [2.24, 2.45) is 5.73 Å². The number of nitrogens with zero attached hydrogens (tertiary/aromatic N) is 1. The Morgan fingerprint density at radius 2 is 2.25 bits per heavy atom. The summed E-state index contributed by atoms with van der Waals surface area (Å²) >= 11 is 0. The summed E-state index contributed by atoms with van der Waals surface area (Å²) in [6.07, 6.45) is 0. The lowest BCUT2D eigenvalue weighted by Crippen LogP contribution is -2.45. The third-order valence-corrected chi connectivity index (χ3v) is 3.97. The van der Waals surface area contributed by atoms with Gasteiger partial charge in [-0.1, -0.05) is 12.1 Å². The van der Waals surface area contributed by atoms with Crippen molar-refractivity contribution in [3.8, 4) is 0 Å². The van der Waals surface area contributed by atoms with Gasteiger partial charge in [-0.05, 0) is 37.8 Å². The van der Waals surface area contributed by atoms with E-state index in [0.29, 0.717) is 15.6 Å². The first kappa shape index (κ1) is 12.9. The number of rotatable bonds is 5. The molecular formula is C11H15FN2OSi. The van der Waals surface area contributed by atoms with E-state index in [4.69, 9.17) is 5.73 Å². The quantitative estimate of drug-likeness (QED) is 0.755. The van der Waals surface area contributed by atoms with Crippen LogP contribution in [-0.4, -0.2) is 40.1 Å². The predicted octanol–water partition coefficient (Wildman–Crippen LogP) is 0.403. The summed E-state index contributed by atoms with van der Waals surface area (Å²) in [4.78, 5) is 12.9. The average Bonchev–Trinajstić information content (AvgIpc) is 2.16. The maximum absolute atomic E-state index is 12.9. The average molecular weight is 238 g/mol. The minimum Gasteiger partial charge on any atom is -0.369 e. The Hall–Kier alpha value is -1.20. The molecule has 0 saturated carbocycles. The van der Waals surface area contributed by atoms with Gasteiger partial charge in [-0.15, -0.1) is 0 Å². The highest BCUT2D eigenvalue weighted by atomic mass is 28.2. The van der Waals surface area contributed by atoms with Crippen LogP contribution >= 0.6 is 0 Å². The molecule has 2 N–H and O–H groups in total. The van der Waals surface area contributed by atoms with Crippen molar-refractivity contribution < 1.29 is 9.18 Å². The monoisotopic (exact) mass is 238 g/mol. The van der Waals surface area contributed by atoms with Gasteiger partial charge in [0.1, 0.15) is 5.82 Å². The van der Waals surface area contributed by atoms with Gasteiger partial charge in [0.2, 0.25) is 5.91 Å². The molecule has 5 heteroatoms. The third kappa shape index (κ3) is 3.75. The highest BCUT2D eigenvalue weighted by molar-refractivity contribution is 6.43. The Kier molecular flexibility index (Phi) is 4.64. The SMILES string of the molecule is CN(C)[C@@H]([Si]Cc1cccc(F)c1)C(N)=O. The molecule has 0 heterocycles. The van der Waals surface area contributed by atoms with E-state index in [9.17, 15) is 9.18 Å². The lowest BCUT2D eigenvalue weighted by atomic mass is 10.2. The first-order valence-electron chi connectivity index (χ1n) is 4.94. The number of benzene rings is 1. The lowest BCUT2D eigenvalue weighted by Gasteiger charge is -2.20. The van der Waals surface area contributed by atoms with Gasteiger partial charge in [0.05, 0.1) is 15.2 Å². The summed E-state index contributed by atoms with van der Waals surface area (Å²) in [7, 11) is 3.97. The van der Waals surface area contributed by atoms with E-state index >= 15 is 0 Å². The molecule has 0 saturated heterocycles. The third-order valence-electron chi connectivity index (χ3n) is 2.17. The summed E-state index contributed by atoms with van der Waals surface area (Å²) in [5.41, 5.74) is 5.90. The maximum atomic E-state index is 12.9. The molecule has 1 aromatic carbocycles. The Bertz CT molecular complexity index is 371. The van der Waals surface area contributed by atoms with Gasteiger partial charge in [0.25, 0.3) is 0 Å². The zero-order valence-corrected chi connectivity index (χ0v) is 10.4. The molecule has 2 radical (unpaired) electrons. The summed E-state index contributed by atoms with van der Waals surface area (Å²) in [6, 6.07) is 7.09. The first-order chi connectivity index (χ1) is 7.50. The van der Waals surface area contributed by atoms with Crippen LogP contribution in [0.25, 0.3) is 0 Å². The zero-order chi connectivity index (χ0) is 12.1. The lowest BCUT2D eigenvalue weighted by molar-refractivity contribution is -0.120. The molecule has 0 fully saturated rings. The van der Waals surface area contributed by atoms with Gasteiger partial charge in [0, 0.05) is 0 Å². The number of amides is 1. The zero-order valence-electron chi connectivity index (χ0n) is 9.40. The van der Waals surface area contributed by atoms with E-state index in [1.807, 2.05) is 20.2 Å². The van der Waals surface area contributed by atoms with Gasteiger partial charge in [-0.3, -0.25) is 4.79 Å². The molecule has 0 bridgehead atoms. The second kappa shape index (κ2) is 5.76. The Labute approximate surface area is 97.3 Å². The van der Waals surface area contributed by atoms with E-state index < -0.39 is 0 Å². The minimum atomic E-state index is -0.334. The van der Waals surface area contributed by atoms with Crippen LogP contribution < -0.4 is 5.73 Å². The molecule has 1 rings (SSSR count). The summed E-state index contributed by atoms with van der Waals surface area (Å²) < 4.78 is 12.9. The van der Waals surface area contributed by atoms with Crippen LogP contribution in [0, 0.1) is 5.82 Å².